The SMILES string of the molecule is Cc1ccccc1N1[C@@H](C)c2cnsc2C12C1CC3CC(C1)CC2C3. The minimum absolute atomic E-state index is 0.232. The molecule has 1 atom stereocenters. The van der Waals surface area contributed by atoms with Crippen LogP contribution in [0.25, 0.3) is 0 Å². The fourth-order valence-electron chi connectivity index (χ4n) is 7.33. The number of fused-ring (bicyclic) bond motifs is 1. The minimum Gasteiger partial charge on any atom is -0.353 e. The van der Waals surface area contributed by atoms with Gasteiger partial charge in [0.05, 0.1) is 16.5 Å². The molecule has 5 aliphatic rings. The van der Waals surface area contributed by atoms with Crippen molar-refractivity contribution in [2.75, 3.05) is 4.90 Å². The van der Waals surface area contributed by atoms with E-state index < -0.39 is 0 Å². The smallest absolute Gasteiger partial charge is 0.0828 e. The van der Waals surface area contributed by atoms with Gasteiger partial charge in [-0.25, -0.2) is 4.37 Å². The molecule has 4 aliphatic carbocycles. The quantitative estimate of drug-likeness (QED) is 0.657. The van der Waals surface area contributed by atoms with Crippen LogP contribution in [0.5, 0.6) is 0 Å². The molecule has 7 rings (SSSR count). The molecule has 3 heteroatoms. The van der Waals surface area contributed by atoms with Crippen LogP contribution in [-0.2, 0) is 5.54 Å². The average molecular weight is 351 g/mol. The van der Waals surface area contributed by atoms with Crippen LogP contribution in [-0.4, -0.2) is 4.37 Å². The van der Waals surface area contributed by atoms with Crippen LogP contribution in [0, 0.1) is 30.6 Å². The molecule has 4 saturated carbocycles. The van der Waals surface area contributed by atoms with Crippen molar-refractivity contribution in [2.45, 2.75) is 57.5 Å². The lowest BCUT2D eigenvalue weighted by atomic mass is 9.48. The van der Waals surface area contributed by atoms with Crippen molar-refractivity contribution in [1.29, 1.82) is 0 Å². The molecule has 4 fully saturated rings. The van der Waals surface area contributed by atoms with Crippen LogP contribution in [0.2, 0.25) is 0 Å². The Kier molecular flexibility index (Phi) is 2.88. The maximum atomic E-state index is 4.67. The second-order valence-electron chi connectivity index (χ2n) is 9.07. The van der Waals surface area contributed by atoms with E-state index in [1.165, 1.54) is 48.9 Å². The van der Waals surface area contributed by atoms with Gasteiger partial charge in [-0.05, 0) is 92.8 Å². The van der Waals surface area contributed by atoms with Gasteiger partial charge in [0.25, 0.3) is 0 Å². The van der Waals surface area contributed by atoms with Crippen molar-refractivity contribution in [2.24, 2.45) is 23.7 Å². The summed E-state index contributed by atoms with van der Waals surface area (Å²) in [5.74, 6) is 3.65. The standard InChI is InChI=1S/C22H26N2S/c1-13-5-3-4-6-20(13)24-14(2)19-12-23-25-21(19)22(24)17-8-15-7-16(10-17)11-18(22)9-15/h3-6,12,14-18H,7-11H2,1-2H3/t14-,15?,16?,17?,18?,22?/m0/s1. The third-order valence-electron chi connectivity index (χ3n) is 7.96. The zero-order valence-electron chi connectivity index (χ0n) is 15.1. The van der Waals surface area contributed by atoms with Crippen molar-refractivity contribution < 1.29 is 0 Å². The molecule has 0 saturated heterocycles. The summed E-state index contributed by atoms with van der Waals surface area (Å²) >= 11 is 1.81. The van der Waals surface area contributed by atoms with Crippen molar-refractivity contribution in [3.63, 3.8) is 0 Å². The molecule has 0 N–H and O–H groups in total. The lowest BCUT2D eigenvalue weighted by molar-refractivity contribution is -0.0588. The minimum atomic E-state index is 0.232. The lowest BCUT2D eigenvalue weighted by Crippen LogP contribution is -2.62. The van der Waals surface area contributed by atoms with Crippen molar-refractivity contribution in [1.82, 2.24) is 4.37 Å². The number of aryl methyl sites for hydroxylation is 1. The Balaban J connectivity index is 1.61. The van der Waals surface area contributed by atoms with Gasteiger partial charge in [-0.1, -0.05) is 18.2 Å². The molecule has 1 aromatic carbocycles. The van der Waals surface area contributed by atoms with Crippen molar-refractivity contribution in [3.05, 3.63) is 46.5 Å². The third kappa shape index (κ3) is 1.69. The lowest BCUT2D eigenvalue weighted by Gasteiger charge is -2.63. The molecule has 0 unspecified atom stereocenters. The van der Waals surface area contributed by atoms with Crippen molar-refractivity contribution in [3.8, 4) is 0 Å². The Morgan fingerprint density at radius 3 is 2.40 bits per heavy atom. The van der Waals surface area contributed by atoms with E-state index in [1.807, 2.05) is 0 Å². The third-order valence-corrected chi connectivity index (χ3v) is 8.91. The van der Waals surface area contributed by atoms with Crippen LogP contribution in [0.3, 0.4) is 0 Å². The van der Waals surface area contributed by atoms with E-state index in [9.17, 15) is 0 Å². The van der Waals surface area contributed by atoms with Crippen molar-refractivity contribution >= 4 is 17.2 Å². The number of hydrogen-bond donors (Lipinski definition) is 0. The molecule has 1 aromatic heterocycles. The highest BCUT2D eigenvalue weighted by Crippen LogP contribution is 2.69. The van der Waals surface area contributed by atoms with Gasteiger partial charge < -0.3 is 4.90 Å². The fraction of sp³-hybridized carbons (Fsp3) is 0.591. The molecule has 130 valence electrons. The van der Waals surface area contributed by atoms with Gasteiger partial charge in [0.2, 0.25) is 0 Å². The summed E-state index contributed by atoms with van der Waals surface area (Å²) in [6, 6.07) is 9.51. The highest BCUT2D eigenvalue weighted by atomic mass is 32.1. The number of anilines is 1. The molecular weight excluding hydrogens is 324 g/mol. The Bertz CT molecular complexity index is 810. The van der Waals surface area contributed by atoms with E-state index in [-0.39, 0.29) is 5.54 Å². The number of aromatic nitrogens is 1. The summed E-state index contributed by atoms with van der Waals surface area (Å²) < 4.78 is 4.67. The maximum absolute atomic E-state index is 4.67. The summed E-state index contributed by atoms with van der Waals surface area (Å²) in [6.45, 7) is 4.70. The average Bonchev–Trinajstić information content (AvgIpc) is 3.15. The highest BCUT2D eigenvalue weighted by Gasteiger charge is 2.65. The largest absolute Gasteiger partial charge is 0.353 e. The number of para-hydroxylation sites is 1. The van der Waals surface area contributed by atoms with Crippen LogP contribution in [0.4, 0.5) is 5.69 Å². The number of hydrogen-bond acceptors (Lipinski definition) is 3. The van der Waals surface area contributed by atoms with Crippen LogP contribution in [0.15, 0.2) is 30.5 Å². The Hall–Kier alpha value is -1.35. The predicted octanol–water partition coefficient (Wildman–Crippen LogP) is 5.68. The predicted molar refractivity (Wildman–Crippen MR) is 103 cm³/mol. The van der Waals surface area contributed by atoms with Gasteiger partial charge in [-0.2, -0.15) is 0 Å². The first-order valence-corrected chi connectivity index (χ1v) is 10.8. The first-order chi connectivity index (χ1) is 12.2. The van der Waals surface area contributed by atoms with E-state index >= 15 is 0 Å². The second-order valence-corrected chi connectivity index (χ2v) is 9.87. The Morgan fingerprint density at radius 1 is 1.04 bits per heavy atom. The number of nitrogens with zero attached hydrogens (tertiary/aromatic N) is 2. The van der Waals surface area contributed by atoms with Gasteiger partial charge in [-0.3, -0.25) is 0 Å². The molecule has 2 aromatic rings. The van der Waals surface area contributed by atoms with E-state index in [4.69, 9.17) is 0 Å². The second kappa shape index (κ2) is 4.88. The van der Waals surface area contributed by atoms with Crippen LogP contribution < -0.4 is 4.90 Å². The topological polar surface area (TPSA) is 16.1 Å². The molecular formula is C22H26N2S. The number of rotatable bonds is 1. The van der Waals surface area contributed by atoms with E-state index in [0.29, 0.717) is 6.04 Å². The summed E-state index contributed by atoms with van der Waals surface area (Å²) in [6.07, 6.45) is 9.46. The first kappa shape index (κ1) is 14.8. The summed E-state index contributed by atoms with van der Waals surface area (Å²) in [5, 5.41) is 0. The molecule has 1 spiro atoms. The van der Waals surface area contributed by atoms with E-state index in [0.717, 1.165) is 23.7 Å². The molecule has 25 heavy (non-hydrogen) atoms. The molecule has 2 nitrogen and oxygen atoms in total. The van der Waals surface area contributed by atoms with Gasteiger partial charge in [0.1, 0.15) is 0 Å². The van der Waals surface area contributed by atoms with Crippen LogP contribution >= 0.6 is 11.5 Å². The maximum Gasteiger partial charge on any atom is 0.0828 e. The monoisotopic (exact) mass is 350 g/mol. The van der Waals surface area contributed by atoms with Gasteiger partial charge in [0, 0.05) is 17.4 Å². The van der Waals surface area contributed by atoms with Crippen LogP contribution in [0.1, 0.15) is 61.1 Å². The van der Waals surface area contributed by atoms with E-state index in [1.54, 1.807) is 16.4 Å². The molecule has 0 radical (unpaired) electrons. The Labute approximate surface area is 154 Å². The molecule has 4 bridgehead atoms. The molecule has 1 aliphatic heterocycles. The molecule has 0 amide bonds. The zero-order chi connectivity index (χ0) is 16.8. The zero-order valence-corrected chi connectivity index (χ0v) is 15.9. The summed E-state index contributed by atoms with van der Waals surface area (Å²) in [5.41, 5.74) is 4.63. The van der Waals surface area contributed by atoms with Gasteiger partial charge in [-0.15, -0.1) is 0 Å². The van der Waals surface area contributed by atoms with E-state index in [2.05, 4.69) is 53.6 Å². The summed E-state index contributed by atoms with van der Waals surface area (Å²) in [7, 11) is 0. The summed E-state index contributed by atoms with van der Waals surface area (Å²) in [4.78, 5) is 4.48. The number of benzene rings is 1. The molecule has 2 heterocycles. The fourth-order valence-corrected chi connectivity index (χ4v) is 8.50. The van der Waals surface area contributed by atoms with Gasteiger partial charge in [0.15, 0.2) is 0 Å². The first-order valence-electron chi connectivity index (χ1n) is 9.99. The highest BCUT2D eigenvalue weighted by molar-refractivity contribution is 7.06. The Morgan fingerprint density at radius 2 is 1.72 bits per heavy atom. The normalized spacial score (nSPS) is 40.9. The van der Waals surface area contributed by atoms with Gasteiger partial charge >= 0.3 is 0 Å².